The minimum Gasteiger partial charge on any atom is -0.383 e. The van der Waals surface area contributed by atoms with Gasteiger partial charge in [0, 0.05) is 45.5 Å². The maximum atomic E-state index is 12.4. The predicted octanol–water partition coefficient (Wildman–Crippen LogP) is 1.40. The number of aromatic nitrogens is 1. The molecule has 7 nitrogen and oxygen atoms in total. The fraction of sp³-hybridized carbons (Fsp3) is 0.650. The number of anilines is 1. The van der Waals surface area contributed by atoms with Gasteiger partial charge in [0.1, 0.15) is 11.9 Å². The van der Waals surface area contributed by atoms with Crippen LogP contribution in [0.2, 0.25) is 0 Å². The molecule has 1 unspecified atom stereocenters. The van der Waals surface area contributed by atoms with E-state index in [2.05, 4.69) is 26.2 Å². The van der Waals surface area contributed by atoms with E-state index in [1.54, 1.807) is 13.3 Å². The quantitative estimate of drug-likeness (QED) is 0.761. The Balaban J connectivity index is 1.48. The van der Waals surface area contributed by atoms with Crippen molar-refractivity contribution in [3.8, 4) is 6.07 Å². The van der Waals surface area contributed by atoms with Crippen molar-refractivity contribution in [3.63, 3.8) is 0 Å². The average molecular weight is 371 g/mol. The van der Waals surface area contributed by atoms with Crippen LogP contribution < -0.4 is 10.2 Å². The fourth-order valence-corrected chi connectivity index (χ4v) is 4.07. The summed E-state index contributed by atoms with van der Waals surface area (Å²) in [5.41, 5.74) is 0.594. The van der Waals surface area contributed by atoms with Crippen molar-refractivity contribution < 1.29 is 9.53 Å². The van der Waals surface area contributed by atoms with E-state index in [9.17, 15) is 4.79 Å². The zero-order valence-electron chi connectivity index (χ0n) is 16.1. The van der Waals surface area contributed by atoms with Gasteiger partial charge in [-0.15, -0.1) is 0 Å². The molecule has 2 saturated heterocycles. The van der Waals surface area contributed by atoms with Crippen molar-refractivity contribution in [1.82, 2.24) is 15.2 Å². The first kappa shape index (κ1) is 19.6. The van der Waals surface area contributed by atoms with Crippen LogP contribution in [0.15, 0.2) is 18.3 Å². The normalized spacial score (nSPS) is 21.6. The summed E-state index contributed by atoms with van der Waals surface area (Å²) < 4.78 is 5.00. The molecule has 2 fully saturated rings. The minimum absolute atomic E-state index is 0.0915. The number of amides is 1. The van der Waals surface area contributed by atoms with E-state index >= 15 is 0 Å². The first-order chi connectivity index (χ1) is 13.2. The molecule has 3 heterocycles. The van der Waals surface area contributed by atoms with Gasteiger partial charge in [-0.25, -0.2) is 4.98 Å². The van der Waals surface area contributed by atoms with Gasteiger partial charge in [0.25, 0.3) is 0 Å². The van der Waals surface area contributed by atoms with Gasteiger partial charge in [0.15, 0.2) is 0 Å². The number of nitrogens with zero attached hydrogens (tertiary/aromatic N) is 4. The molecule has 0 spiro atoms. The van der Waals surface area contributed by atoms with Crippen LogP contribution in [0, 0.1) is 17.2 Å². The molecule has 2 aliphatic heterocycles. The van der Waals surface area contributed by atoms with E-state index in [0.29, 0.717) is 24.8 Å². The van der Waals surface area contributed by atoms with Crippen LogP contribution in [0.4, 0.5) is 5.82 Å². The van der Waals surface area contributed by atoms with E-state index in [4.69, 9.17) is 10.00 Å². The van der Waals surface area contributed by atoms with Gasteiger partial charge in [-0.3, -0.25) is 9.69 Å². The first-order valence-corrected chi connectivity index (χ1v) is 9.83. The molecule has 1 aromatic rings. The third-order valence-corrected chi connectivity index (χ3v) is 5.61. The molecule has 2 aliphatic rings. The summed E-state index contributed by atoms with van der Waals surface area (Å²) in [5, 5.41) is 11.9. The molecule has 0 bridgehead atoms. The molecule has 1 atom stereocenters. The largest absolute Gasteiger partial charge is 0.383 e. The second-order valence-corrected chi connectivity index (χ2v) is 7.35. The van der Waals surface area contributed by atoms with E-state index in [0.717, 1.165) is 57.7 Å². The lowest BCUT2D eigenvalue weighted by molar-refractivity contribution is -0.127. The number of piperidine rings is 2. The molecule has 0 aliphatic carbocycles. The number of nitriles is 1. The summed E-state index contributed by atoms with van der Waals surface area (Å²) in [6, 6.07) is 6.40. The third kappa shape index (κ3) is 5.18. The van der Waals surface area contributed by atoms with Crippen LogP contribution in [0.5, 0.6) is 0 Å². The number of methoxy groups -OCH3 is 1. The highest BCUT2D eigenvalue weighted by molar-refractivity contribution is 5.78. The maximum absolute atomic E-state index is 12.4. The summed E-state index contributed by atoms with van der Waals surface area (Å²) in [5.74, 6) is 1.20. The van der Waals surface area contributed by atoms with E-state index in [-0.39, 0.29) is 11.8 Å². The Labute approximate surface area is 161 Å². The lowest BCUT2D eigenvalue weighted by Crippen LogP contribution is -2.51. The number of pyridine rings is 1. The van der Waals surface area contributed by atoms with Gasteiger partial charge in [0.2, 0.25) is 5.91 Å². The Bertz CT molecular complexity index is 649. The van der Waals surface area contributed by atoms with Crippen molar-refractivity contribution in [1.29, 1.82) is 5.26 Å². The molecule has 0 radical (unpaired) electrons. The van der Waals surface area contributed by atoms with Crippen LogP contribution in [0.1, 0.15) is 31.2 Å². The lowest BCUT2D eigenvalue weighted by Gasteiger charge is -2.42. The Hall–Kier alpha value is -2.17. The smallest absolute Gasteiger partial charge is 0.224 e. The number of rotatable bonds is 6. The van der Waals surface area contributed by atoms with Crippen molar-refractivity contribution in [2.75, 3.05) is 51.3 Å². The summed E-state index contributed by atoms with van der Waals surface area (Å²) >= 11 is 0. The van der Waals surface area contributed by atoms with Gasteiger partial charge in [-0.2, -0.15) is 5.26 Å². The van der Waals surface area contributed by atoms with Crippen molar-refractivity contribution in [2.45, 2.75) is 31.7 Å². The van der Waals surface area contributed by atoms with Crippen molar-refractivity contribution in [2.24, 2.45) is 5.92 Å². The standard InChI is InChI=1S/C20H29N5O2/c1-27-12-8-22-20(26)17-3-2-9-25(15-17)18-6-10-24(11-7-18)19-5-4-16(13-21)14-23-19/h4-5,14,17-18H,2-3,6-12,15H2,1H3,(H,22,26). The number of hydrogen-bond donors (Lipinski definition) is 1. The van der Waals surface area contributed by atoms with Gasteiger partial charge in [-0.05, 0) is 44.4 Å². The first-order valence-electron chi connectivity index (χ1n) is 9.83. The molecule has 3 rings (SSSR count). The maximum Gasteiger partial charge on any atom is 0.224 e. The Morgan fingerprint density at radius 1 is 1.33 bits per heavy atom. The van der Waals surface area contributed by atoms with Gasteiger partial charge < -0.3 is 15.0 Å². The number of carbonyl (C=O) groups excluding carboxylic acids is 1. The van der Waals surface area contributed by atoms with Crippen LogP contribution in [-0.2, 0) is 9.53 Å². The average Bonchev–Trinajstić information content (AvgIpc) is 2.74. The molecular formula is C20H29N5O2. The molecule has 1 N–H and O–H groups in total. The molecule has 0 saturated carbocycles. The highest BCUT2D eigenvalue weighted by atomic mass is 16.5. The molecule has 7 heteroatoms. The second kappa shape index (κ2) is 9.67. The summed E-state index contributed by atoms with van der Waals surface area (Å²) in [4.78, 5) is 21.6. The van der Waals surface area contributed by atoms with Crippen LogP contribution in [0.3, 0.4) is 0 Å². The molecule has 27 heavy (non-hydrogen) atoms. The molecule has 0 aromatic carbocycles. The summed E-state index contributed by atoms with van der Waals surface area (Å²) in [7, 11) is 1.65. The predicted molar refractivity (Wildman–Crippen MR) is 103 cm³/mol. The number of nitrogens with one attached hydrogen (secondary N) is 1. The number of ether oxygens (including phenoxy) is 1. The summed E-state index contributed by atoms with van der Waals surface area (Å²) in [6.45, 7) is 5.02. The monoisotopic (exact) mass is 371 g/mol. The lowest BCUT2D eigenvalue weighted by atomic mass is 9.93. The Kier molecular flexibility index (Phi) is 7.02. The van der Waals surface area contributed by atoms with Crippen LogP contribution in [0.25, 0.3) is 0 Å². The Morgan fingerprint density at radius 3 is 2.81 bits per heavy atom. The minimum atomic E-state index is 0.0915. The fourth-order valence-electron chi connectivity index (χ4n) is 4.07. The van der Waals surface area contributed by atoms with Crippen LogP contribution in [-0.4, -0.2) is 68.3 Å². The third-order valence-electron chi connectivity index (χ3n) is 5.61. The van der Waals surface area contributed by atoms with Gasteiger partial charge in [0.05, 0.1) is 18.1 Å². The molecular weight excluding hydrogens is 342 g/mol. The number of likely N-dealkylation sites (tertiary alicyclic amines) is 1. The SMILES string of the molecule is COCCNC(=O)C1CCCN(C2CCN(c3ccc(C#N)cn3)CC2)C1. The van der Waals surface area contributed by atoms with E-state index < -0.39 is 0 Å². The summed E-state index contributed by atoms with van der Waals surface area (Å²) in [6.07, 6.45) is 5.86. The van der Waals surface area contributed by atoms with Gasteiger partial charge in [-0.1, -0.05) is 0 Å². The van der Waals surface area contributed by atoms with E-state index in [1.807, 2.05) is 12.1 Å². The highest BCUT2D eigenvalue weighted by Gasteiger charge is 2.31. The highest BCUT2D eigenvalue weighted by Crippen LogP contribution is 2.25. The van der Waals surface area contributed by atoms with E-state index in [1.165, 1.54) is 0 Å². The second-order valence-electron chi connectivity index (χ2n) is 7.35. The van der Waals surface area contributed by atoms with Crippen molar-refractivity contribution in [3.05, 3.63) is 23.9 Å². The molecule has 146 valence electrons. The zero-order chi connectivity index (χ0) is 19.1. The van der Waals surface area contributed by atoms with Gasteiger partial charge >= 0.3 is 0 Å². The topological polar surface area (TPSA) is 81.5 Å². The van der Waals surface area contributed by atoms with Crippen molar-refractivity contribution >= 4 is 11.7 Å². The number of hydrogen-bond acceptors (Lipinski definition) is 6. The molecule has 1 aromatic heterocycles. The zero-order valence-corrected chi connectivity index (χ0v) is 16.1. The van der Waals surface area contributed by atoms with Crippen LogP contribution >= 0.6 is 0 Å². The Morgan fingerprint density at radius 2 is 2.15 bits per heavy atom. The molecule has 1 amide bonds. The number of carbonyl (C=O) groups is 1.